The minimum Gasteiger partial charge on any atom is -0.308 e. The van der Waals surface area contributed by atoms with E-state index in [0.717, 1.165) is 10.9 Å². The van der Waals surface area contributed by atoms with Gasteiger partial charge in [-0.25, -0.2) is 4.39 Å². The van der Waals surface area contributed by atoms with Crippen molar-refractivity contribution >= 4 is 17.0 Å². The first-order chi connectivity index (χ1) is 6.33. The molecule has 0 aliphatic rings. The maximum Gasteiger partial charge on any atom is 0.131 e. The van der Waals surface area contributed by atoms with E-state index in [1.807, 2.05) is 12.1 Å². The van der Waals surface area contributed by atoms with Gasteiger partial charge in [0.1, 0.15) is 5.82 Å². The van der Waals surface area contributed by atoms with Crippen LogP contribution in [0.3, 0.4) is 0 Å². The maximum absolute atomic E-state index is 13.2. The second-order valence-corrected chi connectivity index (χ2v) is 2.83. The van der Waals surface area contributed by atoms with Crippen LogP contribution in [0.25, 0.3) is 10.8 Å². The third-order valence-electron chi connectivity index (χ3n) is 2.06. The number of rotatable bonds is 1. The summed E-state index contributed by atoms with van der Waals surface area (Å²) in [5, 5.41) is 8.51. The van der Waals surface area contributed by atoms with Crippen LogP contribution in [-0.2, 0) is 0 Å². The van der Waals surface area contributed by atoms with Crippen LogP contribution in [0.4, 0.5) is 4.39 Å². The van der Waals surface area contributed by atoms with Crippen LogP contribution in [0.1, 0.15) is 5.56 Å². The van der Waals surface area contributed by atoms with E-state index in [9.17, 15) is 4.39 Å². The summed E-state index contributed by atoms with van der Waals surface area (Å²) in [6.07, 6.45) is 1.24. The molecule has 2 aromatic rings. The third kappa shape index (κ3) is 1.20. The van der Waals surface area contributed by atoms with E-state index in [1.54, 1.807) is 18.2 Å². The van der Waals surface area contributed by atoms with E-state index >= 15 is 0 Å². The highest BCUT2D eigenvalue weighted by Crippen LogP contribution is 2.20. The van der Waals surface area contributed by atoms with E-state index in [4.69, 9.17) is 5.41 Å². The Morgan fingerprint density at radius 1 is 1.00 bits per heavy atom. The van der Waals surface area contributed by atoms with Crippen molar-refractivity contribution in [3.8, 4) is 0 Å². The molecule has 0 fully saturated rings. The summed E-state index contributed by atoms with van der Waals surface area (Å²) in [6.45, 7) is 0. The molecular weight excluding hydrogens is 165 g/mol. The molecule has 0 spiro atoms. The molecule has 0 saturated carbocycles. The Labute approximate surface area is 75.3 Å². The number of hydrogen-bond donors (Lipinski definition) is 1. The lowest BCUT2D eigenvalue weighted by Crippen LogP contribution is -1.85. The van der Waals surface area contributed by atoms with E-state index in [2.05, 4.69) is 0 Å². The van der Waals surface area contributed by atoms with Gasteiger partial charge in [0.15, 0.2) is 0 Å². The van der Waals surface area contributed by atoms with Gasteiger partial charge >= 0.3 is 0 Å². The van der Waals surface area contributed by atoms with Crippen molar-refractivity contribution in [2.75, 3.05) is 0 Å². The fourth-order valence-electron chi connectivity index (χ4n) is 1.41. The molecule has 0 aromatic heterocycles. The summed E-state index contributed by atoms with van der Waals surface area (Å²) in [4.78, 5) is 0. The summed E-state index contributed by atoms with van der Waals surface area (Å²) in [5.74, 6) is -0.235. The van der Waals surface area contributed by atoms with Crippen molar-refractivity contribution in [2.45, 2.75) is 0 Å². The van der Waals surface area contributed by atoms with Gasteiger partial charge in [-0.3, -0.25) is 0 Å². The van der Waals surface area contributed by atoms with Gasteiger partial charge in [-0.05, 0) is 17.5 Å². The maximum atomic E-state index is 13.2. The Hall–Kier alpha value is -1.70. The molecule has 0 aliphatic heterocycles. The van der Waals surface area contributed by atoms with Gasteiger partial charge in [0.2, 0.25) is 0 Å². The molecule has 0 unspecified atom stereocenters. The number of benzene rings is 2. The van der Waals surface area contributed by atoms with Crippen LogP contribution >= 0.6 is 0 Å². The number of nitrogens with one attached hydrogen (secondary N) is 1. The van der Waals surface area contributed by atoms with Crippen LogP contribution in [0.5, 0.6) is 0 Å². The van der Waals surface area contributed by atoms with Crippen molar-refractivity contribution in [1.82, 2.24) is 0 Å². The lowest BCUT2D eigenvalue weighted by Gasteiger charge is -2.01. The predicted octanol–water partition coefficient (Wildman–Crippen LogP) is 2.98. The molecule has 0 amide bonds. The lowest BCUT2D eigenvalue weighted by molar-refractivity contribution is 0.640. The SMILES string of the molecule is N=Cc1ccc(F)c2ccccc12. The minimum atomic E-state index is -0.235. The Balaban J connectivity index is 2.92. The Morgan fingerprint density at radius 2 is 1.69 bits per heavy atom. The Kier molecular flexibility index (Phi) is 1.81. The molecule has 0 aliphatic carbocycles. The topological polar surface area (TPSA) is 23.9 Å². The van der Waals surface area contributed by atoms with Gasteiger partial charge < -0.3 is 5.41 Å². The molecular formula is C11H8FN. The van der Waals surface area contributed by atoms with E-state index in [1.165, 1.54) is 12.3 Å². The van der Waals surface area contributed by atoms with Crippen LogP contribution in [0.2, 0.25) is 0 Å². The van der Waals surface area contributed by atoms with Crippen molar-refractivity contribution < 1.29 is 4.39 Å². The average molecular weight is 173 g/mol. The van der Waals surface area contributed by atoms with Crippen LogP contribution in [-0.4, -0.2) is 6.21 Å². The van der Waals surface area contributed by atoms with Gasteiger partial charge in [0, 0.05) is 17.2 Å². The monoisotopic (exact) mass is 173 g/mol. The highest BCUT2D eigenvalue weighted by atomic mass is 19.1. The highest BCUT2D eigenvalue weighted by Gasteiger charge is 2.02. The molecule has 0 heterocycles. The summed E-state index contributed by atoms with van der Waals surface area (Å²) in [7, 11) is 0. The van der Waals surface area contributed by atoms with E-state index in [-0.39, 0.29) is 5.82 Å². The van der Waals surface area contributed by atoms with Gasteiger partial charge in [-0.2, -0.15) is 0 Å². The largest absolute Gasteiger partial charge is 0.308 e. The van der Waals surface area contributed by atoms with Gasteiger partial charge in [-0.15, -0.1) is 0 Å². The van der Waals surface area contributed by atoms with E-state index in [0.29, 0.717) is 5.39 Å². The lowest BCUT2D eigenvalue weighted by atomic mass is 10.1. The summed E-state index contributed by atoms with van der Waals surface area (Å²) in [5.41, 5.74) is 0.747. The van der Waals surface area contributed by atoms with Gasteiger partial charge in [-0.1, -0.05) is 24.3 Å². The van der Waals surface area contributed by atoms with Crippen molar-refractivity contribution in [1.29, 1.82) is 5.41 Å². The molecule has 13 heavy (non-hydrogen) atoms. The highest BCUT2D eigenvalue weighted by molar-refractivity contribution is 5.98. The summed E-state index contributed by atoms with van der Waals surface area (Å²) >= 11 is 0. The quantitative estimate of drug-likeness (QED) is 0.641. The van der Waals surface area contributed by atoms with Crippen LogP contribution in [0.15, 0.2) is 36.4 Å². The first kappa shape index (κ1) is 7.92. The van der Waals surface area contributed by atoms with Crippen molar-refractivity contribution in [3.63, 3.8) is 0 Å². The smallest absolute Gasteiger partial charge is 0.131 e. The zero-order chi connectivity index (χ0) is 9.26. The van der Waals surface area contributed by atoms with Crippen LogP contribution < -0.4 is 0 Å². The summed E-state index contributed by atoms with van der Waals surface area (Å²) in [6, 6.07) is 10.2. The number of halogens is 1. The fraction of sp³-hybridized carbons (Fsp3) is 0. The average Bonchev–Trinajstić information content (AvgIpc) is 2.19. The minimum absolute atomic E-state index is 0.235. The first-order valence-corrected chi connectivity index (χ1v) is 4.00. The fourth-order valence-corrected chi connectivity index (χ4v) is 1.41. The molecule has 0 bridgehead atoms. The second-order valence-electron chi connectivity index (χ2n) is 2.83. The summed E-state index contributed by atoms with van der Waals surface area (Å²) < 4.78 is 13.2. The molecule has 1 nitrogen and oxygen atoms in total. The van der Waals surface area contributed by atoms with Crippen molar-refractivity contribution in [2.24, 2.45) is 0 Å². The molecule has 2 heteroatoms. The zero-order valence-corrected chi connectivity index (χ0v) is 6.92. The van der Waals surface area contributed by atoms with Gasteiger partial charge in [0.25, 0.3) is 0 Å². The third-order valence-corrected chi connectivity index (χ3v) is 2.06. The van der Waals surface area contributed by atoms with Crippen LogP contribution in [0, 0.1) is 11.2 Å². The molecule has 2 rings (SSSR count). The molecule has 64 valence electrons. The number of hydrogen-bond acceptors (Lipinski definition) is 1. The molecule has 0 saturated heterocycles. The second kappa shape index (κ2) is 2.98. The van der Waals surface area contributed by atoms with Gasteiger partial charge in [0.05, 0.1) is 0 Å². The standard InChI is InChI=1S/C11H8FN/c12-11-6-5-8(7-13)9-3-1-2-4-10(9)11/h1-7,13H. The van der Waals surface area contributed by atoms with Crippen molar-refractivity contribution in [3.05, 3.63) is 47.8 Å². The normalized spacial score (nSPS) is 10.2. The predicted molar refractivity (Wildman–Crippen MR) is 51.8 cm³/mol. The molecule has 0 atom stereocenters. The molecule has 0 radical (unpaired) electrons. The van der Waals surface area contributed by atoms with E-state index < -0.39 is 0 Å². The zero-order valence-electron chi connectivity index (χ0n) is 6.92. The first-order valence-electron chi connectivity index (χ1n) is 4.00. The molecule has 1 N–H and O–H groups in total. The Bertz CT molecular complexity index is 463. The Morgan fingerprint density at radius 3 is 2.38 bits per heavy atom. The number of fused-ring (bicyclic) bond motifs is 1. The molecule has 2 aromatic carbocycles.